The number of nitrogens with one attached hydrogen (secondary N) is 1. The quantitative estimate of drug-likeness (QED) is 0.305. The van der Waals surface area contributed by atoms with Crippen LogP contribution in [0.1, 0.15) is 55.7 Å². The molecular weight excluding hydrogens is 550 g/mol. The Labute approximate surface area is 249 Å². The van der Waals surface area contributed by atoms with Crippen molar-refractivity contribution in [3.8, 4) is 5.75 Å². The highest BCUT2D eigenvalue weighted by Crippen LogP contribution is 2.33. The van der Waals surface area contributed by atoms with Crippen LogP contribution in [0.15, 0.2) is 77.7 Å². The molecule has 1 N–H and O–H groups in total. The Kier molecular flexibility index (Phi) is 10.3. The molecule has 0 saturated heterocycles. The lowest BCUT2D eigenvalue weighted by Gasteiger charge is -2.34. The van der Waals surface area contributed by atoms with Crippen molar-refractivity contribution in [1.82, 2.24) is 10.2 Å². The van der Waals surface area contributed by atoms with Gasteiger partial charge in [-0.05, 0) is 68.5 Å². The van der Waals surface area contributed by atoms with Gasteiger partial charge >= 0.3 is 0 Å². The number of amides is 2. The van der Waals surface area contributed by atoms with Crippen LogP contribution >= 0.6 is 0 Å². The fourth-order valence-electron chi connectivity index (χ4n) is 5.44. The van der Waals surface area contributed by atoms with Crippen molar-refractivity contribution in [2.24, 2.45) is 0 Å². The van der Waals surface area contributed by atoms with Crippen molar-refractivity contribution in [2.45, 2.75) is 76.4 Å². The molecular formula is C33H41N3O5S. The standard InChI is InChI=1S/C33H41N3O5S/c1-5-29(33(38)34-27-14-8-9-15-27)35(22-26-13-7-6-12-25(26)3)32(37)23-36(30-16-10-11-17-31(30)41-4)42(39,40)28-20-18-24(2)19-21-28/h6-7,10-13,16-21,27,29H,5,8-9,14-15,22-23H2,1-4H3,(H,34,38)/t29-/m1/s1. The number of carbonyl (C=O) groups is 2. The van der Waals surface area contributed by atoms with Gasteiger partial charge in [-0.2, -0.15) is 0 Å². The summed E-state index contributed by atoms with van der Waals surface area (Å²) in [5.74, 6) is -0.373. The predicted molar refractivity (Wildman–Crippen MR) is 165 cm³/mol. The van der Waals surface area contributed by atoms with Gasteiger partial charge in [-0.25, -0.2) is 8.42 Å². The van der Waals surface area contributed by atoms with Gasteiger partial charge in [0, 0.05) is 12.6 Å². The smallest absolute Gasteiger partial charge is 0.264 e. The summed E-state index contributed by atoms with van der Waals surface area (Å²) in [6, 6.07) is 20.3. The first-order valence-electron chi connectivity index (χ1n) is 14.5. The van der Waals surface area contributed by atoms with Crippen LogP contribution < -0.4 is 14.4 Å². The Morgan fingerprint density at radius 1 is 0.952 bits per heavy atom. The van der Waals surface area contributed by atoms with Crippen molar-refractivity contribution in [2.75, 3.05) is 18.0 Å². The molecule has 8 nitrogen and oxygen atoms in total. The zero-order chi connectivity index (χ0) is 30.3. The second kappa shape index (κ2) is 13.9. The fraction of sp³-hybridized carbons (Fsp3) is 0.394. The highest BCUT2D eigenvalue weighted by atomic mass is 32.2. The van der Waals surface area contributed by atoms with Crippen molar-refractivity contribution in [1.29, 1.82) is 0 Å². The van der Waals surface area contributed by atoms with Crippen LogP contribution in [0.4, 0.5) is 5.69 Å². The van der Waals surface area contributed by atoms with E-state index in [1.807, 2.05) is 45.0 Å². The maximum absolute atomic E-state index is 14.3. The van der Waals surface area contributed by atoms with Crippen LogP contribution in [0, 0.1) is 13.8 Å². The lowest BCUT2D eigenvalue weighted by Crippen LogP contribution is -2.53. The van der Waals surface area contributed by atoms with Crippen LogP contribution in [0.2, 0.25) is 0 Å². The lowest BCUT2D eigenvalue weighted by atomic mass is 10.1. The van der Waals surface area contributed by atoms with Crippen LogP contribution in [-0.2, 0) is 26.2 Å². The average molecular weight is 592 g/mol. The van der Waals surface area contributed by atoms with Gasteiger partial charge in [0.2, 0.25) is 11.8 Å². The molecule has 0 radical (unpaired) electrons. The highest BCUT2D eigenvalue weighted by molar-refractivity contribution is 7.92. The number of aryl methyl sites for hydroxylation is 2. The van der Waals surface area contributed by atoms with E-state index in [9.17, 15) is 18.0 Å². The Hall–Kier alpha value is -3.85. The summed E-state index contributed by atoms with van der Waals surface area (Å²) in [5, 5.41) is 3.15. The number of methoxy groups -OCH3 is 1. The van der Waals surface area contributed by atoms with E-state index in [0.717, 1.165) is 46.7 Å². The predicted octanol–water partition coefficient (Wildman–Crippen LogP) is 5.37. The molecule has 1 saturated carbocycles. The van der Waals surface area contributed by atoms with E-state index in [1.165, 1.54) is 24.1 Å². The minimum atomic E-state index is -4.18. The van der Waals surface area contributed by atoms with Crippen LogP contribution in [0.3, 0.4) is 0 Å². The summed E-state index contributed by atoms with van der Waals surface area (Å²) in [5.41, 5.74) is 3.03. The molecule has 0 unspecified atom stereocenters. The van der Waals surface area contributed by atoms with E-state index < -0.39 is 28.5 Å². The minimum absolute atomic E-state index is 0.0586. The van der Waals surface area contributed by atoms with E-state index in [0.29, 0.717) is 12.2 Å². The fourth-order valence-corrected chi connectivity index (χ4v) is 6.87. The van der Waals surface area contributed by atoms with Crippen molar-refractivity contribution < 1.29 is 22.7 Å². The number of para-hydroxylation sites is 2. The van der Waals surface area contributed by atoms with Gasteiger partial charge < -0.3 is 15.0 Å². The second-order valence-corrected chi connectivity index (χ2v) is 12.7. The van der Waals surface area contributed by atoms with Gasteiger partial charge in [0.1, 0.15) is 18.3 Å². The molecule has 9 heteroatoms. The SMILES string of the molecule is CC[C@H](C(=O)NC1CCCC1)N(Cc1ccccc1C)C(=O)CN(c1ccccc1OC)S(=O)(=O)c1ccc(C)cc1. The molecule has 0 aliphatic heterocycles. The summed E-state index contributed by atoms with van der Waals surface area (Å²) in [6.45, 7) is 5.38. The third-order valence-electron chi connectivity index (χ3n) is 7.93. The molecule has 1 fully saturated rings. The first-order chi connectivity index (χ1) is 20.1. The van der Waals surface area contributed by atoms with Crippen molar-refractivity contribution in [3.05, 3.63) is 89.5 Å². The first-order valence-corrected chi connectivity index (χ1v) is 16.0. The summed E-state index contributed by atoms with van der Waals surface area (Å²) in [7, 11) is -2.72. The van der Waals surface area contributed by atoms with Gasteiger partial charge in [-0.15, -0.1) is 0 Å². The van der Waals surface area contributed by atoms with Crippen molar-refractivity contribution >= 4 is 27.5 Å². The first kappa shape index (κ1) is 31.1. The largest absolute Gasteiger partial charge is 0.495 e. The molecule has 4 rings (SSSR count). The molecule has 0 spiro atoms. The van der Waals surface area contributed by atoms with Crippen LogP contribution in [0.25, 0.3) is 0 Å². The molecule has 42 heavy (non-hydrogen) atoms. The van der Waals surface area contributed by atoms with E-state index >= 15 is 0 Å². The summed E-state index contributed by atoms with van der Waals surface area (Å²) in [6.07, 6.45) is 4.36. The number of nitrogens with zero attached hydrogens (tertiary/aromatic N) is 2. The van der Waals surface area contributed by atoms with Crippen LogP contribution in [0.5, 0.6) is 5.75 Å². The van der Waals surface area contributed by atoms with Gasteiger partial charge in [0.05, 0.1) is 17.7 Å². The number of hydrogen-bond donors (Lipinski definition) is 1. The number of anilines is 1. The van der Waals surface area contributed by atoms with E-state index in [1.54, 1.807) is 36.4 Å². The molecule has 0 bridgehead atoms. The maximum atomic E-state index is 14.3. The van der Waals surface area contributed by atoms with Gasteiger partial charge in [0.25, 0.3) is 10.0 Å². The Bertz CT molecular complexity index is 1480. The number of hydrogen-bond acceptors (Lipinski definition) is 5. The molecule has 224 valence electrons. The van der Waals surface area contributed by atoms with Gasteiger partial charge in [-0.3, -0.25) is 13.9 Å². The molecule has 0 heterocycles. The molecule has 2 amide bonds. The topological polar surface area (TPSA) is 96.0 Å². The summed E-state index contributed by atoms with van der Waals surface area (Å²) in [4.78, 5) is 29.5. The molecule has 0 aromatic heterocycles. The Morgan fingerprint density at radius 2 is 1.60 bits per heavy atom. The Morgan fingerprint density at radius 3 is 2.24 bits per heavy atom. The molecule has 1 atom stereocenters. The second-order valence-electron chi connectivity index (χ2n) is 10.9. The number of sulfonamides is 1. The number of rotatable bonds is 12. The molecule has 3 aromatic rings. The molecule has 1 aliphatic rings. The number of carbonyl (C=O) groups excluding carboxylic acids is 2. The highest BCUT2D eigenvalue weighted by Gasteiger charge is 2.35. The number of benzene rings is 3. The molecule has 3 aromatic carbocycles. The lowest BCUT2D eigenvalue weighted by molar-refractivity contribution is -0.140. The van der Waals surface area contributed by atoms with E-state index in [2.05, 4.69) is 5.32 Å². The summed E-state index contributed by atoms with van der Waals surface area (Å²) >= 11 is 0. The summed E-state index contributed by atoms with van der Waals surface area (Å²) < 4.78 is 34.8. The third-order valence-corrected chi connectivity index (χ3v) is 9.71. The van der Waals surface area contributed by atoms with E-state index in [-0.39, 0.29) is 29.1 Å². The zero-order valence-corrected chi connectivity index (χ0v) is 25.7. The number of ether oxygens (including phenoxy) is 1. The van der Waals surface area contributed by atoms with Crippen LogP contribution in [-0.4, -0.2) is 50.9 Å². The third kappa shape index (κ3) is 7.13. The maximum Gasteiger partial charge on any atom is 0.264 e. The van der Waals surface area contributed by atoms with Gasteiger partial charge in [0.15, 0.2) is 0 Å². The monoisotopic (exact) mass is 591 g/mol. The minimum Gasteiger partial charge on any atom is -0.495 e. The normalized spacial score (nSPS) is 14.3. The van der Waals surface area contributed by atoms with Gasteiger partial charge in [-0.1, -0.05) is 73.9 Å². The Balaban J connectivity index is 1.75. The van der Waals surface area contributed by atoms with Crippen molar-refractivity contribution in [3.63, 3.8) is 0 Å². The molecule has 1 aliphatic carbocycles. The van der Waals surface area contributed by atoms with E-state index in [4.69, 9.17) is 4.74 Å². The zero-order valence-electron chi connectivity index (χ0n) is 24.9. The average Bonchev–Trinajstić information content (AvgIpc) is 3.49.